The first-order valence-electron chi connectivity index (χ1n) is 27.8. The summed E-state index contributed by atoms with van der Waals surface area (Å²) < 4.78 is 32.1. The van der Waals surface area contributed by atoms with Gasteiger partial charge < -0.3 is 29.0 Å². The molecule has 0 amide bonds. The molecular weight excluding hydrogens is 767 g/mol. The summed E-state index contributed by atoms with van der Waals surface area (Å²) in [4.78, 5) is 0. The monoisotopic (exact) mass is 876 g/mol. The number of hydrogen-bond donors (Lipinski definition) is 1. The highest BCUT2D eigenvalue weighted by Gasteiger charge is 2.45. The molecule has 2 aliphatic heterocycles. The molecule has 6 heteroatoms. The number of rotatable bonds is 45. The highest BCUT2D eigenvalue weighted by Crippen LogP contribution is 2.34. The summed E-state index contributed by atoms with van der Waals surface area (Å²) in [5.41, 5.74) is 1.09. The van der Waals surface area contributed by atoms with Crippen LogP contribution in [0.1, 0.15) is 292 Å². The first-order chi connectivity index (χ1) is 30.1. The van der Waals surface area contributed by atoms with Gasteiger partial charge in [0.15, 0.2) is 11.6 Å². The van der Waals surface area contributed by atoms with Crippen LogP contribution in [-0.2, 0) is 23.7 Å². The highest BCUT2D eigenvalue weighted by atomic mass is 16.8. The molecule has 62 heavy (non-hydrogen) atoms. The molecule has 5 atom stereocenters. The molecule has 1 unspecified atom stereocenters. The Morgan fingerprint density at radius 2 is 0.790 bits per heavy atom. The second-order valence-electron chi connectivity index (χ2n) is 20.9. The van der Waals surface area contributed by atoms with E-state index < -0.39 is 11.6 Å². The molecule has 1 N–H and O–H groups in total. The van der Waals surface area contributed by atoms with Gasteiger partial charge in [-0.15, -0.1) is 0 Å². The fraction of sp³-hybridized carbons (Fsp3) is 0.964. The van der Waals surface area contributed by atoms with Gasteiger partial charge in [-0.2, -0.15) is 0 Å². The molecule has 0 aliphatic carbocycles. The third-order valence-corrected chi connectivity index (χ3v) is 13.7. The van der Waals surface area contributed by atoms with Gasteiger partial charge in [0.05, 0.1) is 31.5 Å². The Kier molecular flexibility index (Phi) is 34.7. The first kappa shape index (κ1) is 57.5. The van der Waals surface area contributed by atoms with E-state index in [1.807, 2.05) is 13.8 Å². The van der Waals surface area contributed by atoms with Crippen LogP contribution in [0.3, 0.4) is 0 Å². The van der Waals surface area contributed by atoms with Crippen LogP contribution in [0.5, 0.6) is 0 Å². The molecule has 0 spiro atoms. The smallest absolute Gasteiger partial charge is 0.163 e. The average molecular weight is 876 g/mol. The van der Waals surface area contributed by atoms with Crippen molar-refractivity contribution in [1.82, 2.24) is 5.32 Å². The van der Waals surface area contributed by atoms with Crippen LogP contribution < -0.4 is 5.32 Å². The van der Waals surface area contributed by atoms with Gasteiger partial charge in [-0.1, -0.05) is 246 Å². The quantitative estimate of drug-likeness (QED) is 0.0615. The Hall–Kier alpha value is -0.660. The lowest BCUT2D eigenvalue weighted by molar-refractivity contribution is -0.155. The SMILES string of the molecule is C=C(CCCCCCCCCCCCCCCCCCCCCCCCC)N[C@@H](COCC1OC(C)(C)O[C@H]1CC)[C@@H]1OC(C)(C)O[C@@H]1CCCCCCCCCCCCCC. The lowest BCUT2D eigenvalue weighted by Gasteiger charge is -2.30. The molecular formula is C56H109NO5. The Balaban J connectivity index is 1.63. The summed E-state index contributed by atoms with van der Waals surface area (Å²) in [7, 11) is 0. The average Bonchev–Trinajstić information content (AvgIpc) is 3.73. The van der Waals surface area contributed by atoms with Gasteiger partial charge in [-0.3, -0.25) is 0 Å². The number of unbranched alkanes of at least 4 members (excludes halogenated alkanes) is 33. The lowest BCUT2D eigenvalue weighted by atomic mass is 9.98. The van der Waals surface area contributed by atoms with Crippen molar-refractivity contribution in [1.29, 1.82) is 0 Å². The van der Waals surface area contributed by atoms with Gasteiger partial charge in [-0.25, -0.2) is 0 Å². The van der Waals surface area contributed by atoms with Crippen molar-refractivity contribution in [2.45, 2.75) is 334 Å². The molecule has 0 bridgehead atoms. The summed E-state index contributed by atoms with van der Waals surface area (Å²) in [6.45, 7) is 20.4. The van der Waals surface area contributed by atoms with E-state index in [4.69, 9.17) is 23.7 Å². The van der Waals surface area contributed by atoms with Crippen LogP contribution in [0.25, 0.3) is 0 Å². The van der Waals surface area contributed by atoms with Gasteiger partial charge in [0, 0.05) is 5.70 Å². The summed E-state index contributed by atoms with van der Waals surface area (Å²) >= 11 is 0. The van der Waals surface area contributed by atoms with E-state index in [0.29, 0.717) is 13.2 Å². The van der Waals surface area contributed by atoms with E-state index in [9.17, 15) is 0 Å². The molecule has 0 aromatic carbocycles. The molecule has 2 heterocycles. The second-order valence-corrected chi connectivity index (χ2v) is 20.9. The summed E-state index contributed by atoms with van der Waals surface area (Å²) in [6.07, 6.45) is 51.6. The van der Waals surface area contributed by atoms with Gasteiger partial charge in [0.1, 0.15) is 12.2 Å². The Morgan fingerprint density at radius 1 is 0.452 bits per heavy atom. The third kappa shape index (κ3) is 29.8. The van der Waals surface area contributed by atoms with Gasteiger partial charge in [0.2, 0.25) is 0 Å². The second kappa shape index (κ2) is 37.4. The summed E-state index contributed by atoms with van der Waals surface area (Å²) in [5.74, 6) is -1.18. The van der Waals surface area contributed by atoms with Crippen molar-refractivity contribution in [2.24, 2.45) is 0 Å². The molecule has 0 radical (unpaired) electrons. The molecule has 0 aromatic heterocycles. The highest BCUT2D eigenvalue weighted by molar-refractivity contribution is 5.00. The van der Waals surface area contributed by atoms with E-state index in [1.165, 1.54) is 225 Å². The Morgan fingerprint density at radius 3 is 1.19 bits per heavy atom. The van der Waals surface area contributed by atoms with Crippen LogP contribution >= 0.6 is 0 Å². The molecule has 368 valence electrons. The molecule has 2 rings (SSSR count). The maximum absolute atomic E-state index is 6.67. The standard InChI is InChI=1S/C56H109NO5/c1-9-12-14-16-18-20-22-24-25-26-27-28-29-30-31-32-33-34-35-37-39-41-43-45-49(4)57-50(47-58-48-53-51(11-3)59-55(5,6)61-53)54-52(60-56(7,8)62-54)46-44-42-40-38-36-23-21-19-17-15-13-10-2/h50-54,57H,4,9-48H2,1-3,5-8H3/t50-,51-,52+,53?,54-/m0/s1. The zero-order valence-corrected chi connectivity index (χ0v) is 42.9. The molecule has 2 saturated heterocycles. The number of ether oxygens (including phenoxy) is 5. The largest absolute Gasteiger partial charge is 0.381 e. The maximum Gasteiger partial charge on any atom is 0.163 e. The first-order valence-corrected chi connectivity index (χ1v) is 27.8. The van der Waals surface area contributed by atoms with E-state index in [2.05, 4.69) is 46.5 Å². The van der Waals surface area contributed by atoms with Crippen LogP contribution in [0.4, 0.5) is 0 Å². The van der Waals surface area contributed by atoms with Crippen LogP contribution in [0.2, 0.25) is 0 Å². The zero-order valence-electron chi connectivity index (χ0n) is 42.9. The minimum absolute atomic E-state index is 0.0356. The lowest BCUT2D eigenvalue weighted by Crippen LogP contribution is -2.48. The van der Waals surface area contributed by atoms with E-state index in [-0.39, 0.29) is 30.5 Å². The topological polar surface area (TPSA) is 58.2 Å². The van der Waals surface area contributed by atoms with E-state index >= 15 is 0 Å². The molecule has 6 nitrogen and oxygen atoms in total. The van der Waals surface area contributed by atoms with Crippen LogP contribution in [0, 0.1) is 0 Å². The number of nitrogens with one attached hydrogen (secondary N) is 1. The molecule has 2 aliphatic rings. The van der Waals surface area contributed by atoms with E-state index in [0.717, 1.165) is 25.0 Å². The molecule has 2 fully saturated rings. The fourth-order valence-electron chi connectivity index (χ4n) is 10.00. The van der Waals surface area contributed by atoms with Crippen LogP contribution in [-0.4, -0.2) is 55.2 Å². The molecule has 0 aromatic rings. The maximum atomic E-state index is 6.67. The predicted molar refractivity (Wildman–Crippen MR) is 267 cm³/mol. The van der Waals surface area contributed by atoms with Crippen LogP contribution in [0.15, 0.2) is 12.3 Å². The van der Waals surface area contributed by atoms with Gasteiger partial charge in [-0.05, 0) is 53.4 Å². The zero-order chi connectivity index (χ0) is 45.0. The minimum atomic E-state index is -0.612. The summed E-state index contributed by atoms with van der Waals surface area (Å²) in [5, 5.41) is 3.81. The Labute approximate surface area is 387 Å². The van der Waals surface area contributed by atoms with E-state index in [1.54, 1.807) is 0 Å². The minimum Gasteiger partial charge on any atom is -0.381 e. The predicted octanol–water partition coefficient (Wildman–Crippen LogP) is 17.4. The van der Waals surface area contributed by atoms with Crippen molar-refractivity contribution in [3.05, 3.63) is 12.3 Å². The van der Waals surface area contributed by atoms with Gasteiger partial charge >= 0.3 is 0 Å². The van der Waals surface area contributed by atoms with Crippen molar-refractivity contribution in [3.63, 3.8) is 0 Å². The number of hydrogen-bond acceptors (Lipinski definition) is 6. The molecule has 0 saturated carbocycles. The number of allylic oxidation sites excluding steroid dienone is 1. The summed E-state index contributed by atoms with van der Waals surface area (Å²) in [6, 6.07) is -0.0356. The van der Waals surface area contributed by atoms with Crippen molar-refractivity contribution < 1.29 is 23.7 Å². The van der Waals surface area contributed by atoms with Crippen molar-refractivity contribution in [3.8, 4) is 0 Å². The Bertz CT molecular complexity index is 1020. The van der Waals surface area contributed by atoms with Gasteiger partial charge in [0.25, 0.3) is 0 Å². The fourth-order valence-corrected chi connectivity index (χ4v) is 10.00. The third-order valence-electron chi connectivity index (χ3n) is 13.7. The van der Waals surface area contributed by atoms with Crippen molar-refractivity contribution >= 4 is 0 Å². The van der Waals surface area contributed by atoms with Crippen molar-refractivity contribution in [2.75, 3.05) is 13.2 Å². The normalized spacial score (nSPS) is 21.2.